The summed E-state index contributed by atoms with van der Waals surface area (Å²) in [6.45, 7) is 8.95. The van der Waals surface area contributed by atoms with Gasteiger partial charge in [0, 0.05) is 17.0 Å². The summed E-state index contributed by atoms with van der Waals surface area (Å²) in [5.74, 6) is 0. The van der Waals surface area contributed by atoms with Crippen molar-refractivity contribution in [1.82, 2.24) is 0 Å². The van der Waals surface area contributed by atoms with Crippen LogP contribution in [0.2, 0.25) is 0 Å². The second kappa shape index (κ2) is 8.92. The van der Waals surface area contributed by atoms with Gasteiger partial charge in [-0.1, -0.05) is 46.0 Å². The Bertz CT molecular complexity index is 572. The first-order valence-electron chi connectivity index (χ1n) is 9.50. The number of aliphatic imine (C=N–C) groups is 1. The van der Waals surface area contributed by atoms with Gasteiger partial charge in [-0.2, -0.15) is 0 Å². The SMILES string of the molecule is CCCCCCCC1=Nc2c(C)c(C)c(S)c(CCCC)c2C1. The van der Waals surface area contributed by atoms with E-state index in [1.807, 2.05) is 0 Å². The zero-order valence-electron chi connectivity index (χ0n) is 15.5. The van der Waals surface area contributed by atoms with Crippen LogP contribution in [-0.4, -0.2) is 5.71 Å². The van der Waals surface area contributed by atoms with Crippen LogP contribution in [0.3, 0.4) is 0 Å². The van der Waals surface area contributed by atoms with Crippen molar-refractivity contribution in [1.29, 1.82) is 0 Å². The summed E-state index contributed by atoms with van der Waals surface area (Å²) in [5.41, 5.74) is 8.29. The summed E-state index contributed by atoms with van der Waals surface area (Å²) in [6, 6.07) is 0. The average Bonchev–Trinajstić information content (AvgIpc) is 2.97. The molecule has 0 radical (unpaired) electrons. The van der Waals surface area contributed by atoms with E-state index in [1.165, 1.54) is 89.9 Å². The number of rotatable bonds is 9. The van der Waals surface area contributed by atoms with Gasteiger partial charge in [0.15, 0.2) is 0 Å². The Kier molecular flexibility index (Phi) is 7.20. The monoisotopic (exact) mass is 331 g/mol. The van der Waals surface area contributed by atoms with Gasteiger partial charge >= 0.3 is 0 Å². The predicted molar refractivity (Wildman–Crippen MR) is 106 cm³/mol. The molecule has 0 aliphatic carbocycles. The van der Waals surface area contributed by atoms with Crippen LogP contribution in [0.25, 0.3) is 0 Å². The molecule has 2 rings (SSSR count). The molecule has 1 aromatic rings. The molecule has 2 heteroatoms. The molecule has 1 aromatic carbocycles. The highest BCUT2D eigenvalue weighted by Gasteiger charge is 2.23. The largest absolute Gasteiger partial charge is 0.257 e. The molecular weight excluding hydrogens is 298 g/mol. The zero-order valence-corrected chi connectivity index (χ0v) is 16.4. The first-order chi connectivity index (χ1) is 11.1. The first-order valence-corrected chi connectivity index (χ1v) is 9.95. The summed E-state index contributed by atoms with van der Waals surface area (Å²) in [4.78, 5) is 6.24. The van der Waals surface area contributed by atoms with Crippen LogP contribution < -0.4 is 0 Å². The fourth-order valence-electron chi connectivity index (χ4n) is 3.54. The molecule has 0 aromatic heterocycles. The smallest absolute Gasteiger partial charge is 0.0700 e. The van der Waals surface area contributed by atoms with Crippen LogP contribution in [0.1, 0.15) is 87.5 Å². The van der Waals surface area contributed by atoms with E-state index >= 15 is 0 Å². The molecule has 128 valence electrons. The summed E-state index contributed by atoms with van der Waals surface area (Å²) < 4.78 is 0. The minimum Gasteiger partial charge on any atom is -0.257 e. The van der Waals surface area contributed by atoms with Crippen LogP contribution in [0, 0.1) is 13.8 Å². The molecule has 0 fully saturated rings. The molecule has 0 bridgehead atoms. The highest BCUT2D eigenvalue weighted by Crippen LogP contribution is 2.40. The highest BCUT2D eigenvalue weighted by molar-refractivity contribution is 7.80. The molecule has 1 heterocycles. The van der Waals surface area contributed by atoms with E-state index in [-0.39, 0.29) is 0 Å². The van der Waals surface area contributed by atoms with Crippen LogP contribution in [-0.2, 0) is 12.8 Å². The third-order valence-corrected chi connectivity index (χ3v) is 5.81. The molecule has 0 atom stereocenters. The molecule has 1 aliphatic rings. The summed E-state index contributed by atoms with van der Waals surface area (Å²) in [7, 11) is 0. The van der Waals surface area contributed by atoms with Crippen molar-refractivity contribution in [3.05, 3.63) is 22.3 Å². The highest BCUT2D eigenvalue weighted by atomic mass is 32.1. The van der Waals surface area contributed by atoms with Crippen LogP contribution in [0.5, 0.6) is 0 Å². The predicted octanol–water partition coefficient (Wildman–Crippen LogP) is 6.92. The Morgan fingerprint density at radius 3 is 2.26 bits per heavy atom. The molecule has 0 saturated heterocycles. The maximum atomic E-state index is 5.02. The van der Waals surface area contributed by atoms with E-state index in [9.17, 15) is 0 Å². The molecule has 1 aliphatic heterocycles. The van der Waals surface area contributed by atoms with Gasteiger partial charge in [-0.05, 0) is 61.8 Å². The Balaban J connectivity index is 2.11. The molecule has 23 heavy (non-hydrogen) atoms. The van der Waals surface area contributed by atoms with Crippen LogP contribution >= 0.6 is 12.6 Å². The standard InChI is InChI=1S/C21H33NS/c1-5-7-9-10-11-12-17-14-19-18(13-8-6-2)21(23)16(4)15(3)20(19)22-17/h23H,5-14H2,1-4H3. The third-order valence-electron chi connectivity index (χ3n) is 5.21. The van der Waals surface area contributed by atoms with Crippen molar-refractivity contribution in [2.45, 2.75) is 96.8 Å². The van der Waals surface area contributed by atoms with Crippen molar-refractivity contribution >= 4 is 24.0 Å². The molecular formula is C21H33NS. The molecule has 0 spiro atoms. The van der Waals surface area contributed by atoms with Gasteiger partial charge in [-0.25, -0.2) is 0 Å². The lowest BCUT2D eigenvalue weighted by Gasteiger charge is -2.16. The quantitative estimate of drug-likeness (QED) is 0.372. The Morgan fingerprint density at radius 2 is 1.57 bits per heavy atom. The second-order valence-electron chi connectivity index (χ2n) is 7.03. The lowest BCUT2D eigenvalue weighted by molar-refractivity contribution is 0.642. The Morgan fingerprint density at radius 1 is 0.870 bits per heavy atom. The number of hydrogen-bond acceptors (Lipinski definition) is 2. The fourth-order valence-corrected chi connectivity index (χ4v) is 3.95. The summed E-state index contributed by atoms with van der Waals surface area (Å²) in [5, 5.41) is 0. The summed E-state index contributed by atoms with van der Waals surface area (Å²) in [6.07, 6.45) is 12.6. The van der Waals surface area contributed by atoms with Crippen LogP contribution in [0.15, 0.2) is 9.89 Å². The van der Waals surface area contributed by atoms with E-state index in [4.69, 9.17) is 17.6 Å². The normalized spacial score (nSPS) is 13.3. The van der Waals surface area contributed by atoms with Gasteiger partial charge in [0.2, 0.25) is 0 Å². The number of unbranched alkanes of at least 4 members (excludes halogenated alkanes) is 5. The first kappa shape index (κ1) is 18.6. The molecule has 0 unspecified atom stereocenters. The maximum absolute atomic E-state index is 5.02. The Labute approximate surface area is 148 Å². The Hall–Kier alpha value is -0.760. The number of thiol groups is 1. The van der Waals surface area contributed by atoms with Gasteiger partial charge in [0.05, 0.1) is 5.69 Å². The van der Waals surface area contributed by atoms with E-state index in [0.717, 1.165) is 12.8 Å². The van der Waals surface area contributed by atoms with E-state index in [2.05, 4.69) is 27.7 Å². The molecule has 1 nitrogen and oxygen atoms in total. The number of benzene rings is 1. The second-order valence-corrected chi connectivity index (χ2v) is 7.47. The van der Waals surface area contributed by atoms with E-state index in [0.29, 0.717) is 0 Å². The number of nitrogens with zero attached hydrogens (tertiary/aromatic N) is 1. The minimum atomic E-state index is 1.07. The molecule has 0 amide bonds. The van der Waals surface area contributed by atoms with E-state index in [1.54, 1.807) is 0 Å². The summed E-state index contributed by atoms with van der Waals surface area (Å²) >= 11 is 4.84. The van der Waals surface area contributed by atoms with E-state index < -0.39 is 0 Å². The van der Waals surface area contributed by atoms with Gasteiger partial charge in [-0.15, -0.1) is 12.6 Å². The minimum absolute atomic E-state index is 1.07. The third kappa shape index (κ3) is 4.41. The van der Waals surface area contributed by atoms with Gasteiger partial charge in [0.25, 0.3) is 0 Å². The molecule has 0 N–H and O–H groups in total. The zero-order chi connectivity index (χ0) is 16.8. The fraction of sp³-hybridized carbons (Fsp3) is 0.667. The van der Waals surface area contributed by atoms with Crippen molar-refractivity contribution in [2.24, 2.45) is 4.99 Å². The molecule has 0 saturated carbocycles. The van der Waals surface area contributed by atoms with Gasteiger partial charge in [0.1, 0.15) is 0 Å². The maximum Gasteiger partial charge on any atom is 0.0700 e. The number of fused-ring (bicyclic) bond motifs is 1. The topological polar surface area (TPSA) is 12.4 Å². The lowest BCUT2D eigenvalue weighted by atomic mass is 9.92. The van der Waals surface area contributed by atoms with Crippen LogP contribution in [0.4, 0.5) is 5.69 Å². The lowest BCUT2D eigenvalue weighted by Crippen LogP contribution is -2.03. The van der Waals surface area contributed by atoms with Crippen molar-refractivity contribution in [3.8, 4) is 0 Å². The number of hydrogen-bond donors (Lipinski definition) is 1. The van der Waals surface area contributed by atoms with Crippen molar-refractivity contribution in [2.75, 3.05) is 0 Å². The van der Waals surface area contributed by atoms with Gasteiger partial charge in [-0.3, -0.25) is 4.99 Å². The average molecular weight is 332 g/mol. The van der Waals surface area contributed by atoms with Gasteiger partial charge < -0.3 is 0 Å². The van der Waals surface area contributed by atoms with Crippen molar-refractivity contribution < 1.29 is 0 Å². The van der Waals surface area contributed by atoms with Crippen molar-refractivity contribution in [3.63, 3.8) is 0 Å².